The van der Waals surface area contributed by atoms with E-state index in [-0.39, 0.29) is 0 Å². The molecule has 4 aromatic heterocycles. The minimum Gasteiger partial charge on any atom is -0.481 e. The number of imidazole rings is 1. The molecule has 162 valence electrons. The molecule has 0 radical (unpaired) electrons. The van der Waals surface area contributed by atoms with Crippen LogP contribution in [-0.4, -0.2) is 42.3 Å². The van der Waals surface area contributed by atoms with E-state index in [0.717, 1.165) is 33.8 Å². The quantitative estimate of drug-likeness (QED) is 0.513. The maximum atomic E-state index is 5.30. The van der Waals surface area contributed by atoms with Crippen LogP contribution in [-0.2, 0) is 7.05 Å². The molecule has 8 nitrogen and oxygen atoms in total. The Kier molecular flexibility index (Phi) is 5.88. The third kappa shape index (κ3) is 3.85. The van der Waals surface area contributed by atoms with Gasteiger partial charge in [-0.1, -0.05) is 13.8 Å². The highest BCUT2D eigenvalue weighted by molar-refractivity contribution is 5.83. The van der Waals surface area contributed by atoms with Gasteiger partial charge in [-0.2, -0.15) is 0 Å². The third-order valence-electron chi connectivity index (χ3n) is 5.61. The predicted octanol–water partition coefficient (Wildman–Crippen LogP) is 4.50. The number of nitrogens with zero attached hydrogens (tertiary/aromatic N) is 6. The Bertz CT molecular complexity index is 1190. The number of fused-ring (bicyclic) bond motifs is 1. The molecule has 1 aliphatic carbocycles. The van der Waals surface area contributed by atoms with E-state index in [1.165, 1.54) is 19.3 Å². The van der Waals surface area contributed by atoms with Gasteiger partial charge in [0.2, 0.25) is 11.7 Å². The number of pyridine rings is 1. The molecule has 1 aliphatic rings. The van der Waals surface area contributed by atoms with Gasteiger partial charge in [-0.25, -0.2) is 19.5 Å². The molecule has 0 amide bonds. The molecular weight excluding hydrogens is 390 g/mol. The molecule has 0 atom stereocenters. The third-order valence-corrected chi connectivity index (χ3v) is 5.61. The zero-order valence-corrected chi connectivity index (χ0v) is 18.8. The van der Waals surface area contributed by atoms with Gasteiger partial charge in [0, 0.05) is 49.5 Å². The van der Waals surface area contributed by atoms with Crippen LogP contribution in [0.4, 0.5) is 5.82 Å². The summed E-state index contributed by atoms with van der Waals surface area (Å²) < 4.78 is 9.14. The summed E-state index contributed by atoms with van der Waals surface area (Å²) in [6.07, 6.45) is 11.1. The van der Waals surface area contributed by atoms with Crippen molar-refractivity contribution in [1.82, 2.24) is 29.1 Å². The number of ether oxygens (including phenoxy) is 1. The summed E-state index contributed by atoms with van der Waals surface area (Å²) in [5.74, 6) is 2.78. The van der Waals surface area contributed by atoms with Crippen LogP contribution in [0, 0.1) is 6.92 Å². The number of hydrogen-bond donors (Lipinski definition) is 1. The first-order valence-corrected chi connectivity index (χ1v) is 10.8. The van der Waals surface area contributed by atoms with E-state index in [9.17, 15) is 0 Å². The van der Waals surface area contributed by atoms with Gasteiger partial charge in [-0.3, -0.25) is 0 Å². The van der Waals surface area contributed by atoms with Crippen molar-refractivity contribution in [3.63, 3.8) is 0 Å². The number of aromatic nitrogens is 6. The molecule has 0 unspecified atom stereocenters. The monoisotopic (exact) mass is 419 g/mol. The van der Waals surface area contributed by atoms with Gasteiger partial charge in [0.1, 0.15) is 5.52 Å². The van der Waals surface area contributed by atoms with E-state index >= 15 is 0 Å². The second-order valence-electron chi connectivity index (χ2n) is 7.47. The zero-order chi connectivity index (χ0) is 22.0. The molecule has 4 aromatic rings. The Hall–Kier alpha value is -3.42. The highest BCUT2D eigenvalue weighted by Crippen LogP contribution is 2.34. The second-order valence-corrected chi connectivity index (χ2v) is 7.47. The molecule has 0 aromatic carbocycles. The average molecular weight is 420 g/mol. The fourth-order valence-corrected chi connectivity index (χ4v) is 3.73. The van der Waals surface area contributed by atoms with Gasteiger partial charge in [0.05, 0.1) is 7.11 Å². The van der Waals surface area contributed by atoms with E-state index in [2.05, 4.69) is 22.2 Å². The van der Waals surface area contributed by atoms with Crippen molar-refractivity contribution in [1.29, 1.82) is 0 Å². The van der Waals surface area contributed by atoms with Gasteiger partial charge < -0.3 is 14.6 Å². The Labute approximate surface area is 182 Å². The van der Waals surface area contributed by atoms with Gasteiger partial charge in [-0.05, 0) is 43.4 Å². The van der Waals surface area contributed by atoms with Crippen molar-refractivity contribution in [2.45, 2.75) is 46.1 Å². The number of nitrogens with one attached hydrogen (secondary N) is 1. The number of rotatable bonds is 5. The van der Waals surface area contributed by atoms with Crippen molar-refractivity contribution in [3.8, 4) is 28.7 Å². The first kappa shape index (κ1) is 20.8. The van der Waals surface area contributed by atoms with Gasteiger partial charge in [0.15, 0.2) is 11.6 Å². The molecule has 4 heterocycles. The van der Waals surface area contributed by atoms with Crippen LogP contribution < -0.4 is 10.1 Å². The standard InChI is InChI=1S/C21H23N7O.C2H6/c1-13-16(14-7-8-22-17(11-14)29-3)12-28-18(13)19(24-15-5-4-6-15)25-20(26-28)21-23-9-10-27(21)2;1-2/h7-12,15H,4-6H2,1-3H3,(H,24,25,26);1-2H3. The minimum absolute atomic E-state index is 0.460. The van der Waals surface area contributed by atoms with Crippen LogP contribution in [0.3, 0.4) is 0 Å². The molecular formula is C23H29N7O. The lowest BCUT2D eigenvalue weighted by atomic mass is 9.93. The molecule has 0 bridgehead atoms. The molecule has 1 fully saturated rings. The number of anilines is 1. The fraction of sp³-hybridized carbons (Fsp3) is 0.391. The van der Waals surface area contributed by atoms with Crippen LogP contribution in [0.5, 0.6) is 5.88 Å². The lowest BCUT2D eigenvalue weighted by molar-refractivity contribution is 0.398. The molecule has 8 heteroatoms. The Morgan fingerprint density at radius 1 is 1.16 bits per heavy atom. The largest absolute Gasteiger partial charge is 0.481 e. The normalized spacial score (nSPS) is 13.5. The van der Waals surface area contributed by atoms with Crippen molar-refractivity contribution in [3.05, 3.63) is 42.5 Å². The van der Waals surface area contributed by atoms with Crippen LogP contribution >= 0.6 is 0 Å². The van der Waals surface area contributed by atoms with Crippen LogP contribution in [0.1, 0.15) is 38.7 Å². The summed E-state index contributed by atoms with van der Waals surface area (Å²) in [6.45, 7) is 6.10. The summed E-state index contributed by atoms with van der Waals surface area (Å²) in [6, 6.07) is 4.38. The average Bonchev–Trinajstić information content (AvgIpc) is 3.35. The van der Waals surface area contributed by atoms with E-state index in [1.807, 2.05) is 54.5 Å². The van der Waals surface area contributed by atoms with E-state index in [0.29, 0.717) is 17.7 Å². The van der Waals surface area contributed by atoms with Crippen LogP contribution in [0.15, 0.2) is 36.9 Å². The lowest BCUT2D eigenvalue weighted by Crippen LogP contribution is -2.28. The Morgan fingerprint density at radius 2 is 1.97 bits per heavy atom. The SMILES string of the molecule is CC.COc1cc(-c2cn3nc(-c4nccn4C)nc(NC4CCC4)c3c2C)ccn1. The minimum atomic E-state index is 0.460. The van der Waals surface area contributed by atoms with Crippen molar-refractivity contribution >= 4 is 11.3 Å². The fourth-order valence-electron chi connectivity index (χ4n) is 3.73. The highest BCUT2D eigenvalue weighted by Gasteiger charge is 2.23. The first-order chi connectivity index (χ1) is 15.1. The molecule has 1 saturated carbocycles. The highest BCUT2D eigenvalue weighted by atomic mass is 16.5. The summed E-state index contributed by atoms with van der Waals surface area (Å²) in [7, 11) is 3.57. The van der Waals surface area contributed by atoms with Gasteiger partial charge in [0.25, 0.3) is 0 Å². The molecule has 0 saturated heterocycles. The maximum Gasteiger partial charge on any atom is 0.218 e. The van der Waals surface area contributed by atoms with Crippen molar-refractivity contribution < 1.29 is 4.74 Å². The lowest BCUT2D eigenvalue weighted by Gasteiger charge is -2.27. The van der Waals surface area contributed by atoms with E-state index in [4.69, 9.17) is 14.8 Å². The number of hydrogen-bond acceptors (Lipinski definition) is 6. The van der Waals surface area contributed by atoms with Gasteiger partial charge >= 0.3 is 0 Å². The number of aryl methyl sites for hydroxylation is 2. The molecule has 0 spiro atoms. The Balaban J connectivity index is 0.00000112. The molecule has 0 aliphatic heterocycles. The summed E-state index contributed by atoms with van der Waals surface area (Å²) >= 11 is 0. The molecule has 5 rings (SSSR count). The van der Waals surface area contributed by atoms with Gasteiger partial charge in [-0.15, -0.1) is 5.10 Å². The Morgan fingerprint density at radius 3 is 2.61 bits per heavy atom. The maximum absolute atomic E-state index is 5.30. The van der Waals surface area contributed by atoms with Crippen molar-refractivity contribution in [2.75, 3.05) is 12.4 Å². The van der Waals surface area contributed by atoms with E-state index in [1.54, 1.807) is 19.5 Å². The first-order valence-electron chi connectivity index (χ1n) is 10.8. The summed E-state index contributed by atoms with van der Waals surface area (Å²) in [5.41, 5.74) is 4.22. The number of methoxy groups -OCH3 is 1. The predicted molar refractivity (Wildman–Crippen MR) is 122 cm³/mol. The van der Waals surface area contributed by atoms with E-state index < -0.39 is 0 Å². The molecule has 31 heavy (non-hydrogen) atoms. The summed E-state index contributed by atoms with van der Waals surface area (Å²) in [4.78, 5) is 13.5. The van der Waals surface area contributed by atoms with Crippen LogP contribution in [0.25, 0.3) is 28.3 Å². The second kappa shape index (κ2) is 8.75. The molecule has 1 N–H and O–H groups in total. The zero-order valence-electron chi connectivity index (χ0n) is 18.8. The topological polar surface area (TPSA) is 82.2 Å². The smallest absolute Gasteiger partial charge is 0.218 e. The summed E-state index contributed by atoms with van der Waals surface area (Å²) in [5, 5.41) is 8.40. The van der Waals surface area contributed by atoms with Crippen LogP contribution in [0.2, 0.25) is 0 Å². The van der Waals surface area contributed by atoms with Crippen molar-refractivity contribution in [2.24, 2.45) is 7.05 Å².